The van der Waals surface area contributed by atoms with Gasteiger partial charge in [-0.15, -0.1) is 0 Å². The van der Waals surface area contributed by atoms with Gasteiger partial charge in [0.25, 0.3) is 11.1 Å². The number of benzene rings is 2. The number of methoxy groups -OCH3 is 1. The summed E-state index contributed by atoms with van der Waals surface area (Å²) in [6.07, 6.45) is 3.60. The fourth-order valence-corrected chi connectivity index (χ4v) is 4.07. The van der Waals surface area contributed by atoms with E-state index in [0.717, 1.165) is 22.5 Å². The normalized spacial score (nSPS) is 11.6. The minimum Gasteiger partial charge on any atom is -0.493 e. The van der Waals surface area contributed by atoms with Gasteiger partial charge in [-0.1, -0.05) is 53.8 Å². The number of fused-ring (bicyclic) bond motifs is 1. The first-order valence-electron chi connectivity index (χ1n) is 9.59. The van der Waals surface area contributed by atoms with Gasteiger partial charge >= 0.3 is 0 Å². The molecule has 0 atom stereocenters. The Labute approximate surface area is 191 Å². The van der Waals surface area contributed by atoms with Crippen LogP contribution in [-0.4, -0.2) is 28.3 Å². The average molecular weight is 468 g/mol. The van der Waals surface area contributed by atoms with Crippen molar-refractivity contribution in [3.8, 4) is 11.5 Å². The summed E-state index contributed by atoms with van der Waals surface area (Å²) in [6, 6.07) is 12.4. The lowest BCUT2D eigenvalue weighted by Gasteiger charge is -2.09. The van der Waals surface area contributed by atoms with Crippen molar-refractivity contribution >= 4 is 34.0 Å². The summed E-state index contributed by atoms with van der Waals surface area (Å²) in [7, 11) is 1.54. The number of aromatic nitrogens is 3. The van der Waals surface area contributed by atoms with Gasteiger partial charge in [0.1, 0.15) is 12.3 Å². The Balaban J connectivity index is 1.73. The van der Waals surface area contributed by atoms with Crippen LogP contribution in [0.4, 0.5) is 0 Å². The number of hydrogen-bond acceptors (Lipinski definition) is 7. The van der Waals surface area contributed by atoms with Crippen LogP contribution >= 0.6 is 22.9 Å². The molecular formula is C23H18ClN3O4S. The van der Waals surface area contributed by atoms with Gasteiger partial charge in [-0.3, -0.25) is 9.59 Å². The molecule has 7 nitrogen and oxygen atoms in total. The van der Waals surface area contributed by atoms with Gasteiger partial charge in [0, 0.05) is 11.4 Å². The van der Waals surface area contributed by atoms with Crippen LogP contribution in [0.25, 0.3) is 11.0 Å². The van der Waals surface area contributed by atoms with Gasteiger partial charge in [0.05, 0.1) is 11.6 Å². The summed E-state index contributed by atoms with van der Waals surface area (Å²) in [5.74, 6) is 1.11. The molecule has 32 heavy (non-hydrogen) atoms. The zero-order chi connectivity index (χ0) is 22.7. The topological polar surface area (TPSA) is 82.8 Å². The predicted octanol–water partition coefficient (Wildman–Crippen LogP) is 2.88. The monoisotopic (exact) mass is 467 g/mol. The lowest BCUT2D eigenvalue weighted by molar-refractivity contribution is 0.326. The molecule has 0 aliphatic carbocycles. The van der Waals surface area contributed by atoms with Gasteiger partial charge in [-0.25, -0.2) is 0 Å². The Kier molecular flexibility index (Phi) is 6.34. The molecule has 0 aliphatic rings. The first kappa shape index (κ1) is 21.7. The minimum atomic E-state index is -0.460. The molecule has 162 valence electrons. The Morgan fingerprint density at radius 1 is 1.16 bits per heavy atom. The van der Waals surface area contributed by atoms with E-state index in [1.165, 1.54) is 4.52 Å². The molecule has 0 fully saturated rings. The van der Waals surface area contributed by atoms with Crippen molar-refractivity contribution in [3.63, 3.8) is 0 Å². The Morgan fingerprint density at radius 2 is 1.94 bits per heavy atom. The molecule has 4 rings (SSSR count). The predicted molar refractivity (Wildman–Crippen MR) is 125 cm³/mol. The Morgan fingerprint density at radius 3 is 2.66 bits per heavy atom. The van der Waals surface area contributed by atoms with Gasteiger partial charge in [-0.05, 0) is 41.5 Å². The first-order chi connectivity index (χ1) is 15.5. The summed E-state index contributed by atoms with van der Waals surface area (Å²) in [6.45, 7) is 3.98. The third-order valence-corrected chi connectivity index (χ3v) is 5.79. The lowest BCUT2D eigenvalue weighted by Crippen LogP contribution is -2.28. The van der Waals surface area contributed by atoms with Crippen LogP contribution in [0.1, 0.15) is 16.8 Å². The van der Waals surface area contributed by atoms with E-state index >= 15 is 0 Å². The summed E-state index contributed by atoms with van der Waals surface area (Å²) in [4.78, 5) is 29.6. The Bertz CT molecular complexity index is 1460. The SMILES string of the molecule is C=CCOc1ccc(/C=c2\sc3nc(=O)c(Cc4ccc(Cl)cc4)nn3c2=O)cc1OC. The quantitative estimate of drug-likeness (QED) is 0.389. The highest BCUT2D eigenvalue weighted by Crippen LogP contribution is 2.28. The maximum atomic E-state index is 12.9. The molecular weight excluding hydrogens is 450 g/mol. The summed E-state index contributed by atoms with van der Waals surface area (Å²) in [5, 5.41) is 4.87. The molecule has 9 heteroatoms. The largest absolute Gasteiger partial charge is 0.493 e. The van der Waals surface area contributed by atoms with Crippen molar-refractivity contribution in [2.45, 2.75) is 6.42 Å². The number of thiazole rings is 1. The van der Waals surface area contributed by atoms with Crippen LogP contribution in [0.15, 0.2) is 64.7 Å². The average Bonchev–Trinajstić information content (AvgIpc) is 3.08. The number of halogens is 1. The minimum absolute atomic E-state index is 0.191. The summed E-state index contributed by atoms with van der Waals surface area (Å²) in [5.41, 5.74) is 0.970. The van der Waals surface area contributed by atoms with E-state index in [1.54, 1.807) is 61.7 Å². The second-order valence-electron chi connectivity index (χ2n) is 6.79. The second-order valence-corrected chi connectivity index (χ2v) is 8.23. The van der Waals surface area contributed by atoms with Gasteiger partial charge in [0.15, 0.2) is 11.5 Å². The van der Waals surface area contributed by atoms with Gasteiger partial charge < -0.3 is 9.47 Å². The molecule has 2 heterocycles. The molecule has 4 aromatic rings. The number of rotatable bonds is 7. The number of nitrogens with zero attached hydrogens (tertiary/aromatic N) is 3. The molecule has 0 radical (unpaired) electrons. The fraction of sp³-hybridized carbons (Fsp3) is 0.130. The second kappa shape index (κ2) is 9.33. The van der Waals surface area contributed by atoms with E-state index in [9.17, 15) is 9.59 Å². The zero-order valence-electron chi connectivity index (χ0n) is 17.1. The molecule has 0 aliphatic heterocycles. The van der Waals surface area contributed by atoms with E-state index in [4.69, 9.17) is 21.1 Å². The zero-order valence-corrected chi connectivity index (χ0v) is 18.7. The summed E-state index contributed by atoms with van der Waals surface area (Å²) < 4.78 is 12.5. The molecule has 0 bridgehead atoms. The number of ether oxygens (including phenoxy) is 2. The summed E-state index contributed by atoms with van der Waals surface area (Å²) >= 11 is 7.01. The van der Waals surface area contributed by atoms with Gasteiger partial charge in [0.2, 0.25) is 4.96 Å². The highest BCUT2D eigenvalue weighted by molar-refractivity contribution is 7.15. The van der Waals surface area contributed by atoms with E-state index in [-0.39, 0.29) is 22.6 Å². The molecule has 2 aromatic heterocycles. The van der Waals surface area contributed by atoms with Crippen LogP contribution in [0.3, 0.4) is 0 Å². The van der Waals surface area contributed by atoms with Gasteiger partial charge in [-0.2, -0.15) is 14.6 Å². The van der Waals surface area contributed by atoms with E-state index in [1.807, 2.05) is 0 Å². The van der Waals surface area contributed by atoms with Crippen molar-refractivity contribution in [3.05, 3.63) is 102 Å². The lowest BCUT2D eigenvalue weighted by atomic mass is 10.1. The van der Waals surface area contributed by atoms with E-state index in [2.05, 4.69) is 16.7 Å². The maximum absolute atomic E-state index is 12.9. The third kappa shape index (κ3) is 4.56. The van der Waals surface area contributed by atoms with Crippen molar-refractivity contribution in [1.82, 2.24) is 14.6 Å². The van der Waals surface area contributed by atoms with Crippen LogP contribution in [0.5, 0.6) is 11.5 Å². The molecule has 0 saturated carbocycles. The van der Waals surface area contributed by atoms with Crippen LogP contribution in [-0.2, 0) is 6.42 Å². The van der Waals surface area contributed by atoms with Crippen molar-refractivity contribution in [2.75, 3.05) is 13.7 Å². The van der Waals surface area contributed by atoms with Crippen LogP contribution < -0.4 is 25.1 Å². The fourth-order valence-electron chi connectivity index (χ4n) is 3.04. The van der Waals surface area contributed by atoms with Crippen LogP contribution in [0, 0.1) is 0 Å². The first-order valence-corrected chi connectivity index (χ1v) is 10.8. The van der Waals surface area contributed by atoms with Crippen molar-refractivity contribution in [2.24, 2.45) is 0 Å². The van der Waals surface area contributed by atoms with Crippen LogP contribution in [0.2, 0.25) is 5.02 Å². The highest BCUT2D eigenvalue weighted by atomic mass is 35.5. The van der Waals surface area contributed by atoms with Crippen molar-refractivity contribution in [1.29, 1.82) is 0 Å². The maximum Gasteiger partial charge on any atom is 0.296 e. The van der Waals surface area contributed by atoms with E-state index < -0.39 is 5.56 Å². The molecule has 0 N–H and O–H groups in total. The molecule has 2 aromatic carbocycles. The number of hydrogen-bond donors (Lipinski definition) is 0. The molecule has 0 spiro atoms. The smallest absolute Gasteiger partial charge is 0.296 e. The standard InChI is InChI=1S/C23H18ClN3O4S/c1-3-10-31-18-9-6-15(12-19(18)30-2)13-20-22(29)27-23(32-20)25-21(28)17(26-27)11-14-4-7-16(24)8-5-14/h3-9,12-13H,1,10-11H2,2H3/b20-13-. The van der Waals surface area contributed by atoms with Crippen molar-refractivity contribution < 1.29 is 9.47 Å². The highest BCUT2D eigenvalue weighted by Gasteiger charge is 2.12. The third-order valence-electron chi connectivity index (χ3n) is 4.58. The van der Waals surface area contributed by atoms with E-state index in [0.29, 0.717) is 27.7 Å². The Hall–Kier alpha value is -3.49. The molecule has 0 amide bonds. The molecule has 0 unspecified atom stereocenters. The molecule has 0 saturated heterocycles.